The van der Waals surface area contributed by atoms with Crippen LogP contribution in [0.2, 0.25) is 0 Å². The lowest BCUT2D eigenvalue weighted by molar-refractivity contribution is 0.123. The van der Waals surface area contributed by atoms with Gasteiger partial charge < -0.3 is 0 Å². The normalized spacial score (nSPS) is 26.8. The van der Waals surface area contributed by atoms with Gasteiger partial charge in [-0.3, -0.25) is 0 Å². The van der Waals surface area contributed by atoms with E-state index in [0.29, 0.717) is 11.8 Å². The van der Waals surface area contributed by atoms with Crippen molar-refractivity contribution in [3.05, 3.63) is 96.1 Å². The first-order chi connectivity index (χ1) is 13.4. The quantitative estimate of drug-likeness (QED) is 0.357. The summed E-state index contributed by atoms with van der Waals surface area (Å²) in [6.45, 7) is 0. The van der Waals surface area contributed by atoms with Crippen LogP contribution in [-0.4, -0.2) is 0 Å². The summed E-state index contributed by atoms with van der Waals surface area (Å²) in [4.78, 5) is 0. The Hall–Kier alpha value is -2.60. The molecule has 6 rings (SSSR count). The molecule has 0 bridgehead atoms. The molecule has 4 aromatic carbocycles. The van der Waals surface area contributed by atoms with Crippen LogP contribution in [0.15, 0.2) is 84.9 Å². The molecule has 0 unspecified atom stereocenters. The highest BCUT2D eigenvalue weighted by molar-refractivity contribution is 5.84. The predicted molar refractivity (Wildman–Crippen MR) is 114 cm³/mol. The van der Waals surface area contributed by atoms with E-state index in [2.05, 4.69) is 84.9 Å². The summed E-state index contributed by atoms with van der Waals surface area (Å²) in [6.07, 6.45) is 4.22. The summed E-state index contributed by atoms with van der Waals surface area (Å²) in [6, 6.07) is 31.9. The fraction of sp³-hybridized carbons (Fsp3) is 0.259. The molecule has 0 aromatic heterocycles. The van der Waals surface area contributed by atoms with E-state index in [1.807, 2.05) is 0 Å². The molecular formula is C27H24. The van der Waals surface area contributed by atoms with E-state index in [0.717, 1.165) is 11.8 Å². The minimum atomic E-state index is 0.684. The first-order valence-electron chi connectivity index (χ1n) is 10.4. The summed E-state index contributed by atoms with van der Waals surface area (Å²) in [5.74, 6) is 3.12. The lowest BCUT2D eigenvalue weighted by Crippen LogP contribution is -2.39. The second-order valence-corrected chi connectivity index (χ2v) is 8.52. The third-order valence-corrected chi connectivity index (χ3v) is 7.25. The predicted octanol–water partition coefficient (Wildman–Crippen LogP) is 7.29. The van der Waals surface area contributed by atoms with Crippen LogP contribution >= 0.6 is 0 Å². The molecule has 0 saturated heterocycles. The van der Waals surface area contributed by atoms with Crippen molar-refractivity contribution in [1.82, 2.24) is 0 Å². The third-order valence-electron chi connectivity index (χ3n) is 7.25. The molecule has 2 saturated carbocycles. The van der Waals surface area contributed by atoms with E-state index in [1.54, 1.807) is 11.1 Å². The zero-order valence-corrected chi connectivity index (χ0v) is 15.5. The van der Waals surface area contributed by atoms with Crippen molar-refractivity contribution in [2.75, 3.05) is 0 Å². The van der Waals surface area contributed by atoms with Crippen LogP contribution in [0.4, 0.5) is 0 Å². The van der Waals surface area contributed by atoms with Gasteiger partial charge >= 0.3 is 0 Å². The Morgan fingerprint density at radius 1 is 0.481 bits per heavy atom. The minimum absolute atomic E-state index is 0.684. The van der Waals surface area contributed by atoms with Gasteiger partial charge in [-0.05, 0) is 69.2 Å². The summed E-state index contributed by atoms with van der Waals surface area (Å²) in [7, 11) is 0. The van der Waals surface area contributed by atoms with Crippen molar-refractivity contribution in [1.29, 1.82) is 0 Å². The Morgan fingerprint density at radius 3 is 1.41 bits per heavy atom. The Kier molecular flexibility index (Phi) is 3.41. The number of hydrogen-bond donors (Lipinski definition) is 0. The maximum absolute atomic E-state index is 2.46. The monoisotopic (exact) mass is 348 g/mol. The summed E-state index contributed by atoms with van der Waals surface area (Å²) in [5, 5.41) is 5.47. The van der Waals surface area contributed by atoms with Crippen molar-refractivity contribution in [2.45, 2.75) is 31.1 Å². The van der Waals surface area contributed by atoms with Gasteiger partial charge in [-0.15, -0.1) is 0 Å². The highest BCUT2D eigenvalue weighted by atomic mass is 14.6. The number of hydrogen-bond acceptors (Lipinski definition) is 0. The van der Waals surface area contributed by atoms with Gasteiger partial charge in [0, 0.05) is 0 Å². The highest BCUT2D eigenvalue weighted by Gasteiger charge is 2.53. The van der Waals surface area contributed by atoms with Gasteiger partial charge in [0.2, 0.25) is 0 Å². The van der Waals surface area contributed by atoms with Gasteiger partial charge in [-0.1, -0.05) is 91.3 Å². The van der Waals surface area contributed by atoms with Crippen LogP contribution in [0.1, 0.15) is 42.2 Å². The molecule has 0 heteroatoms. The van der Waals surface area contributed by atoms with E-state index in [4.69, 9.17) is 0 Å². The molecule has 0 N–H and O–H groups in total. The minimum Gasteiger partial charge on any atom is -0.0616 e. The molecule has 2 aliphatic rings. The summed E-state index contributed by atoms with van der Waals surface area (Å²) in [5.41, 5.74) is 3.10. The van der Waals surface area contributed by atoms with Crippen LogP contribution in [0.5, 0.6) is 0 Å². The van der Waals surface area contributed by atoms with Gasteiger partial charge in [0.05, 0.1) is 0 Å². The molecule has 132 valence electrons. The Bertz CT molecular complexity index is 1050. The molecule has 0 nitrogen and oxygen atoms in total. The SMILES string of the molecule is c1ccc2cc([C@@H]3[C@H]4CCC[C@H]4[C@@H]3c3ccc4ccccc4c3)ccc2c1. The number of fused-ring (bicyclic) bond motifs is 3. The van der Waals surface area contributed by atoms with Gasteiger partial charge in [-0.2, -0.15) is 0 Å². The Morgan fingerprint density at radius 2 is 0.926 bits per heavy atom. The highest BCUT2D eigenvalue weighted by Crippen LogP contribution is 2.64. The van der Waals surface area contributed by atoms with Gasteiger partial charge in [0.25, 0.3) is 0 Å². The lowest BCUT2D eigenvalue weighted by atomic mass is 9.54. The first-order valence-corrected chi connectivity index (χ1v) is 10.4. The van der Waals surface area contributed by atoms with E-state index < -0.39 is 0 Å². The van der Waals surface area contributed by atoms with E-state index in [9.17, 15) is 0 Å². The number of rotatable bonds is 2. The zero-order chi connectivity index (χ0) is 17.8. The molecule has 4 aromatic rings. The van der Waals surface area contributed by atoms with E-state index >= 15 is 0 Å². The van der Waals surface area contributed by atoms with Crippen LogP contribution < -0.4 is 0 Å². The summed E-state index contributed by atoms with van der Waals surface area (Å²) >= 11 is 0. The molecular weight excluding hydrogens is 324 g/mol. The second-order valence-electron chi connectivity index (χ2n) is 8.52. The fourth-order valence-corrected chi connectivity index (χ4v) is 6.04. The van der Waals surface area contributed by atoms with Crippen LogP contribution in [0.25, 0.3) is 21.5 Å². The summed E-state index contributed by atoms with van der Waals surface area (Å²) < 4.78 is 0. The van der Waals surface area contributed by atoms with Crippen molar-refractivity contribution in [3.63, 3.8) is 0 Å². The average molecular weight is 348 g/mol. The van der Waals surface area contributed by atoms with Crippen LogP contribution in [-0.2, 0) is 0 Å². The molecule has 0 aliphatic heterocycles. The van der Waals surface area contributed by atoms with Gasteiger partial charge in [0.15, 0.2) is 0 Å². The fourth-order valence-electron chi connectivity index (χ4n) is 6.04. The number of benzene rings is 4. The van der Waals surface area contributed by atoms with E-state index in [1.165, 1.54) is 40.8 Å². The second kappa shape index (κ2) is 5.96. The standard InChI is InChI=1S/C27H24/c1-3-8-20-16-22(14-12-18(20)6-1)26-24-10-5-11-25(24)27(26)23-15-13-19-7-2-4-9-21(19)17-23/h1-4,6-9,12-17,24-27H,5,10-11H2/t24-,25+,26+,27-. The van der Waals surface area contributed by atoms with Gasteiger partial charge in [0.1, 0.15) is 0 Å². The molecule has 0 amide bonds. The maximum atomic E-state index is 2.46. The Labute approximate surface area is 160 Å². The van der Waals surface area contributed by atoms with Crippen LogP contribution in [0.3, 0.4) is 0 Å². The zero-order valence-electron chi connectivity index (χ0n) is 15.5. The smallest absolute Gasteiger partial charge is 0.00589 e. The van der Waals surface area contributed by atoms with Crippen molar-refractivity contribution in [2.24, 2.45) is 11.8 Å². The van der Waals surface area contributed by atoms with Crippen molar-refractivity contribution < 1.29 is 0 Å². The molecule has 27 heavy (non-hydrogen) atoms. The molecule has 0 spiro atoms. The first kappa shape index (κ1) is 15.5. The third kappa shape index (κ3) is 2.36. The van der Waals surface area contributed by atoms with E-state index in [-0.39, 0.29) is 0 Å². The average Bonchev–Trinajstić information content (AvgIpc) is 3.11. The molecule has 2 aliphatic carbocycles. The molecule has 0 radical (unpaired) electrons. The molecule has 0 heterocycles. The lowest BCUT2D eigenvalue weighted by Gasteiger charge is -2.50. The van der Waals surface area contributed by atoms with Crippen molar-refractivity contribution >= 4 is 21.5 Å². The molecule has 2 fully saturated rings. The van der Waals surface area contributed by atoms with Crippen LogP contribution in [0, 0.1) is 11.8 Å². The topological polar surface area (TPSA) is 0 Å². The van der Waals surface area contributed by atoms with Crippen molar-refractivity contribution in [3.8, 4) is 0 Å². The maximum Gasteiger partial charge on any atom is -0.00589 e. The largest absolute Gasteiger partial charge is 0.0616 e. The Balaban J connectivity index is 1.45. The van der Waals surface area contributed by atoms with Gasteiger partial charge in [-0.25, -0.2) is 0 Å². The molecule has 4 atom stereocenters.